The second-order valence-electron chi connectivity index (χ2n) is 4.52. The molecule has 0 aliphatic carbocycles. The lowest BCUT2D eigenvalue weighted by atomic mass is 10.1. The summed E-state index contributed by atoms with van der Waals surface area (Å²) in [6.45, 7) is 0.918. The van der Waals surface area contributed by atoms with Crippen molar-refractivity contribution in [3.05, 3.63) is 29.8 Å². The third-order valence-corrected chi connectivity index (χ3v) is 2.50. The second-order valence-corrected chi connectivity index (χ2v) is 4.52. The van der Waals surface area contributed by atoms with Crippen LogP contribution in [0.3, 0.4) is 0 Å². The van der Waals surface area contributed by atoms with Gasteiger partial charge in [0.15, 0.2) is 0 Å². The zero-order chi connectivity index (χ0) is 14.5. The molecule has 0 aliphatic rings. The molecule has 19 heavy (non-hydrogen) atoms. The van der Waals surface area contributed by atoms with E-state index in [1.807, 2.05) is 19.0 Å². The van der Waals surface area contributed by atoms with Crippen LogP contribution in [0.5, 0.6) is 5.75 Å². The quantitative estimate of drug-likeness (QED) is 0.709. The van der Waals surface area contributed by atoms with Crippen LogP contribution < -0.4 is 4.74 Å². The molecule has 0 heterocycles. The first-order chi connectivity index (χ1) is 8.81. The summed E-state index contributed by atoms with van der Waals surface area (Å²) in [4.78, 5) is 2.04. The number of alkyl halides is 4. The Morgan fingerprint density at radius 1 is 1.16 bits per heavy atom. The van der Waals surface area contributed by atoms with E-state index in [1.54, 1.807) is 12.1 Å². The Balaban J connectivity index is 2.52. The van der Waals surface area contributed by atoms with E-state index in [-0.39, 0.29) is 5.75 Å². The maximum absolute atomic E-state index is 12.6. The fraction of sp³-hybridized carbons (Fsp3) is 0.538. The third kappa shape index (κ3) is 5.46. The summed E-state index contributed by atoms with van der Waals surface area (Å²) in [5, 5.41) is 0. The van der Waals surface area contributed by atoms with Gasteiger partial charge in [0.2, 0.25) is 0 Å². The fourth-order valence-electron chi connectivity index (χ4n) is 1.53. The van der Waals surface area contributed by atoms with Crippen molar-refractivity contribution in [3.8, 4) is 5.75 Å². The predicted octanol–water partition coefficient (Wildman–Crippen LogP) is 3.42. The van der Waals surface area contributed by atoms with Gasteiger partial charge in [0.1, 0.15) is 5.75 Å². The van der Waals surface area contributed by atoms with Crippen LogP contribution in [0.25, 0.3) is 0 Å². The molecule has 0 spiro atoms. The average Bonchev–Trinajstić information content (AvgIpc) is 2.30. The van der Waals surface area contributed by atoms with Crippen LogP contribution in [0.15, 0.2) is 24.3 Å². The normalized spacial score (nSPS) is 12.2. The van der Waals surface area contributed by atoms with Gasteiger partial charge in [0.25, 0.3) is 0 Å². The van der Waals surface area contributed by atoms with Crippen LogP contribution in [-0.4, -0.2) is 38.1 Å². The van der Waals surface area contributed by atoms with E-state index in [0.717, 1.165) is 24.9 Å². The minimum Gasteiger partial charge on any atom is -0.428 e. The average molecular weight is 279 g/mol. The molecule has 0 bridgehead atoms. The minimum absolute atomic E-state index is 0.262. The SMILES string of the molecule is CN(C)CCCc1ccc(OC(F)(F)C(F)F)cc1. The molecule has 0 amide bonds. The van der Waals surface area contributed by atoms with Crippen molar-refractivity contribution < 1.29 is 22.3 Å². The van der Waals surface area contributed by atoms with E-state index in [1.165, 1.54) is 12.1 Å². The predicted molar refractivity (Wildman–Crippen MR) is 64.9 cm³/mol. The molecule has 0 saturated carbocycles. The second kappa shape index (κ2) is 6.75. The Hall–Kier alpha value is -1.30. The van der Waals surface area contributed by atoms with Crippen LogP contribution in [0.4, 0.5) is 17.6 Å². The van der Waals surface area contributed by atoms with Crippen molar-refractivity contribution >= 4 is 0 Å². The van der Waals surface area contributed by atoms with Gasteiger partial charge in [-0.3, -0.25) is 0 Å². The summed E-state index contributed by atoms with van der Waals surface area (Å²) >= 11 is 0. The maximum Gasteiger partial charge on any atom is 0.461 e. The van der Waals surface area contributed by atoms with Crippen LogP contribution >= 0.6 is 0 Å². The molecule has 2 nitrogen and oxygen atoms in total. The van der Waals surface area contributed by atoms with E-state index in [4.69, 9.17) is 0 Å². The zero-order valence-electron chi connectivity index (χ0n) is 10.9. The molecule has 0 unspecified atom stereocenters. The molecular weight excluding hydrogens is 262 g/mol. The monoisotopic (exact) mass is 279 g/mol. The van der Waals surface area contributed by atoms with E-state index in [9.17, 15) is 17.6 Å². The van der Waals surface area contributed by atoms with Crippen molar-refractivity contribution in [1.29, 1.82) is 0 Å². The highest BCUT2D eigenvalue weighted by Crippen LogP contribution is 2.27. The molecule has 0 fully saturated rings. The number of benzene rings is 1. The summed E-state index contributed by atoms with van der Waals surface area (Å²) < 4.78 is 53.1. The summed E-state index contributed by atoms with van der Waals surface area (Å²) in [6.07, 6.45) is -6.57. The molecule has 0 saturated heterocycles. The molecule has 0 N–H and O–H groups in total. The van der Waals surface area contributed by atoms with E-state index < -0.39 is 12.5 Å². The van der Waals surface area contributed by atoms with Crippen molar-refractivity contribution in [1.82, 2.24) is 4.90 Å². The number of nitrogens with zero attached hydrogens (tertiary/aromatic N) is 1. The standard InChI is InChI=1S/C13H17F4NO/c1-18(2)9-3-4-10-5-7-11(8-6-10)19-13(16,17)12(14)15/h5-8,12H,3-4,9H2,1-2H3. The molecular formula is C13H17F4NO. The van der Waals surface area contributed by atoms with Crippen LogP contribution in [0, 0.1) is 0 Å². The first kappa shape index (κ1) is 15.8. The molecule has 6 heteroatoms. The Bertz CT molecular complexity index is 379. The Morgan fingerprint density at radius 3 is 2.21 bits per heavy atom. The Labute approximate surface area is 110 Å². The largest absolute Gasteiger partial charge is 0.461 e. The topological polar surface area (TPSA) is 12.5 Å². The van der Waals surface area contributed by atoms with Gasteiger partial charge >= 0.3 is 12.5 Å². The molecule has 1 rings (SSSR count). The highest BCUT2D eigenvalue weighted by Gasteiger charge is 2.43. The Morgan fingerprint density at radius 2 is 1.74 bits per heavy atom. The zero-order valence-corrected chi connectivity index (χ0v) is 10.9. The number of aryl methyl sites for hydroxylation is 1. The minimum atomic E-state index is -4.45. The smallest absolute Gasteiger partial charge is 0.428 e. The van der Waals surface area contributed by atoms with Gasteiger partial charge in [-0.25, -0.2) is 0 Å². The van der Waals surface area contributed by atoms with Gasteiger partial charge in [0, 0.05) is 0 Å². The lowest BCUT2D eigenvalue weighted by Gasteiger charge is -2.17. The molecule has 0 radical (unpaired) electrons. The van der Waals surface area contributed by atoms with Gasteiger partial charge in [-0.1, -0.05) is 12.1 Å². The van der Waals surface area contributed by atoms with Crippen molar-refractivity contribution in [2.24, 2.45) is 0 Å². The number of rotatable bonds is 7. The van der Waals surface area contributed by atoms with Crippen molar-refractivity contribution in [2.45, 2.75) is 25.4 Å². The number of hydrogen-bond donors (Lipinski definition) is 0. The van der Waals surface area contributed by atoms with Crippen molar-refractivity contribution in [2.75, 3.05) is 20.6 Å². The van der Waals surface area contributed by atoms with Gasteiger partial charge in [-0.15, -0.1) is 0 Å². The Kier molecular flexibility index (Phi) is 5.60. The molecule has 1 aromatic carbocycles. The summed E-state index contributed by atoms with van der Waals surface area (Å²) in [5.41, 5.74) is 0.953. The maximum atomic E-state index is 12.6. The first-order valence-corrected chi connectivity index (χ1v) is 5.90. The summed E-state index contributed by atoms with van der Waals surface area (Å²) in [7, 11) is 3.92. The van der Waals surface area contributed by atoms with E-state index >= 15 is 0 Å². The van der Waals surface area contributed by atoms with Gasteiger partial charge in [-0.2, -0.15) is 17.6 Å². The van der Waals surface area contributed by atoms with Crippen LogP contribution in [0.2, 0.25) is 0 Å². The van der Waals surface area contributed by atoms with Gasteiger partial charge in [0.05, 0.1) is 0 Å². The number of ether oxygens (including phenoxy) is 1. The molecule has 0 atom stereocenters. The lowest BCUT2D eigenvalue weighted by Crippen LogP contribution is -2.33. The van der Waals surface area contributed by atoms with E-state index in [0.29, 0.717) is 0 Å². The van der Waals surface area contributed by atoms with Crippen LogP contribution in [0.1, 0.15) is 12.0 Å². The molecule has 0 aromatic heterocycles. The molecule has 108 valence electrons. The summed E-state index contributed by atoms with van der Waals surface area (Å²) in [5.74, 6) is -0.262. The highest BCUT2D eigenvalue weighted by atomic mass is 19.3. The third-order valence-electron chi connectivity index (χ3n) is 2.50. The fourth-order valence-corrected chi connectivity index (χ4v) is 1.53. The molecule has 0 aliphatic heterocycles. The van der Waals surface area contributed by atoms with Crippen molar-refractivity contribution in [3.63, 3.8) is 0 Å². The van der Waals surface area contributed by atoms with E-state index in [2.05, 4.69) is 4.74 Å². The van der Waals surface area contributed by atoms with Gasteiger partial charge in [-0.05, 0) is 51.2 Å². The lowest BCUT2D eigenvalue weighted by molar-refractivity contribution is -0.253. The van der Waals surface area contributed by atoms with Crippen LogP contribution in [-0.2, 0) is 6.42 Å². The highest BCUT2D eigenvalue weighted by molar-refractivity contribution is 5.27. The molecule has 1 aromatic rings. The number of hydrogen-bond acceptors (Lipinski definition) is 2. The summed E-state index contributed by atoms with van der Waals surface area (Å²) in [6, 6.07) is 5.77. The number of halogens is 4. The van der Waals surface area contributed by atoms with Gasteiger partial charge < -0.3 is 9.64 Å². The first-order valence-electron chi connectivity index (χ1n) is 5.90.